The molecule has 0 aromatic heterocycles. The number of carbonyl (C=O) groups excluding carboxylic acids is 2. The fourth-order valence-electron chi connectivity index (χ4n) is 3.01. The van der Waals surface area contributed by atoms with E-state index in [0.717, 1.165) is 11.0 Å². The number of hydrogen-bond donors (Lipinski definition) is 0. The number of alkyl halides is 3. The van der Waals surface area contributed by atoms with Gasteiger partial charge in [0, 0.05) is 0 Å². The summed E-state index contributed by atoms with van der Waals surface area (Å²) in [7, 11) is 0. The van der Waals surface area contributed by atoms with Gasteiger partial charge in [-0.05, 0) is 23.6 Å². The van der Waals surface area contributed by atoms with E-state index in [4.69, 9.17) is 4.74 Å². The van der Waals surface area contributed by atoms with Crippen LogP contribution in [0.15, 0.2) is 54.6 Å². The van der Waals surface area contributed by atoms with Crippen molar-refractivity contribution in [2.45, 2.75) is 18.5 Å². The van der Waals surface area contributed by atoms with Crippen LogP contribution in [-0.2, 0) is 22.1 Å². The van der Waals surface area contributed by atoms with Gasteiger partial charge in [0.2, 0.25) is 5.91 Å². The van der Waals surface area contributed by atoms with E-state index in [-0.39, 0.29) is 25.1 Å². The Hall–Kier alpha value is -2.83. The zero-order valence-electron chi connectivity index (χ0n) is 13.7. The minimum atomic E-state index is -4.52. The molecule has 2 aromatic carbocycles. The molecule has 1 heterocycles. The molecule has 1 atom stereocenters. The number of cyclic esters (lactones) is 1. The second-order valence-corrected chi connectivity index (χ2v) is 5.93. The number of imide groups is 1. The summed E-state index contributed by atoms with van der Waals surface area (Å²) < 4.78 is 44.7. The van der Waals surface area contributed by atoms with Crippen molar-refractivity contribution in [3.63, 3.8) is 0 Å². The third-order valence-electron chi connectivity index (χ3n) is 4.27. The van der Waals surface area contributed by atoms with Crippen molar-refractivity contribution in [2.75, 3.05) is 13.2 Å². The largest absolute Gasteiger partial charge is 0.447 e. The fraction of sp³-hybridized carbons (Fsp3) is 0.263. The molecule has 2 aromatic rings. The van der Waals surface area contributed by atoms with Crippen molar-refractivity contribution < 1.29 is 27.5 Å². The van der Waals surface area contributed by atoms with Gasteiger partial charge < -0.3 is 4.74 Å². The highest BCUT2D eigenvalue weighted by molar-refractivity contribution is 5.96. The summed E-state index contributed by atoms with van der Waals surface area (Å²) in [5.41, 5.74) is -0.221. The van der Waals surface area contributed by atoms with Crippen LogP contribution in [0.3, 0.4) is 0 Å². The summed E-state index contributed by atoms with van der Waals surface area (Å²) in [6.45, 7) is 0.188. The Morgan fingerprint density at radius 3 is 2.35 bits per heavy atom. The molecular formula is C19H16F3NO3. The Labute approximate surface area is 148 Å². The van der Waals surface area contributed by atoms with Crippen molar-refractivity contribution in [3.05, 3.63) is 71.3 Å². The average Bonchev–Trinajstić information content (AvgIpc) is 3.05. The van der Waals surface area contributed by atoms with Crippen molar-refractivity contribution >= 4 is 12.0 Å². The first-order chi connectivity index (χ1) is 12.4. The first kappa shape index (κ1) is 18.0. The summed E-state index contributed by atoms with van der Waals surface area (Å²) in [5.74, 6) is -1.47. The van der Waals surface area contributed by atoms with Crippen LogP contribution in [0.1, 0.15) is 22.6 Å². The zero-order valence-corrected chi connectivity index (χ0v) is 13.7. The molecule has 1 fully saturated rings. The molecule has 7 heteroatoms. The third kappa shape index (κ3) is 3.71. The molecule has 136 valence electrons. The molecule has 0 bridgehead atoms. The third-order valence-corrected chi connectivity index (χ3v) is 4.27. The quantitative estimate of drug-likeness (QED) is 0.825. The number of nitrogens with zero attached hydrogens (tertiary/aromatic N) is 1. The number of amides is 2. The molecule has 1 saturated heterocycles. The molecule has 1 unspecified atom stereocenters. The lowest BCUT2D eigenvalue weighted by molar-refractivity contribution is -0.138. The minimum absolute atomic E-state index is 0.00904. The van der Waals surface area contributed by atoms with Gasteiger partial charge in [-0.25, -0.2) is 9.69 Å². The summed E-state index contributed by atoms with van der Waals surface area (Å²) >= 11 is 0. The van der Waals surface area contributed by atoms with E-state index in [1.165, 1.54) is 18.2 Å². The molecule has 0 spiro atoms. The summed E-state index contributed by atoms with van der Waals surface area (Å²) in [6.07, 6.45) is -5.45. The molecule has 2 amide bonds. The molecule has 0 aliphatic carbocycles. The number of halogens is 3. The van der Waals surface area contributed by atoms with Crippen LogP contribution in [0, 0.1) is 0 Å². The van der Waals surface area contributed by atoms with E-state index in [2.05, 4.69) is 0 Å². The van der Waals surface area contributed by atoms with E-state index in [1.807, 2.05) is 0 Å². The lowest BCUT2D eigenvalue weighted by Gasteiger charge is -2.22. The summed E-state index contributed by atoms with van der Waals surface area (Å²) in [5, 5.41) is 0. The number of ether oxygens (including phenoxy) is 1. The van der Waals surface area contributed by atoms with Crippen LogP contribution >= 0.6 is 0 Å². The number of hydrogen-bond acceptors (Lipinski definition) is 3. The van der Waals surface area contributed by atoms with Gasteiger partial charge in [-0.15, -0.1) is 0 Å². The Morgan fingerprint density at radius 1 is 1.08 bits per heavy atom. The maximum absolute atomic E-state index is 13.3. The smallest absolute Gasteiger partial charge is 0.416 e. The topological polar surface area (TPSA) is 46.6 Å². The highest BCUT2D eigenvalue weighted by Gasteiger charge is 2.37. The second-order valence-electron chi connectivity index (χ2n) is 5.93. The number of benzene rings is 2. The van der Waals surface area contributed by atoms with Crippen LogP contribution in [0.4, 0.5) is 18.0 Å². The van der Waals surface area contributed by atoms with Gasteiger partial charge in [-0.2, -0.15) is 13.2 Å². The Bertz CT molecular complexity index is 805. The van der Waals surface area contributed by atoms with E-state index >= 15 is 0 Å². The Kier molecular flexibility index (Phi) is 4.97. The lowest BCUT2D eigenvalue weighted by atomic mass is 9.88. The van der Waals surface area contributed by atoms with Crippen LogP contribution in [-0.4, -0.2) is 30.1 Å². The van der Waals surface area contributed by atoms with E-state index in [1.54, 1.807) is 30.3 Å². The van der Waals surface area contributed by atoms with Crippen molar-refractivity contribution in [1.29, 1.82) is 0 Å². The Morgan fingerprint density at radius 2 is 1.73 bits per heavy atom. The normalized spacial score (nSPS) is 15.7. The molecule has 1 aliphatic rings. The van der Waals surface area contributed by atoms with Gasteiger partial charge in [0.05, 0.1) is 18.0 Å². The number of rotatable bonds is 4. The first-order valence-corrected chi connectivity index (χ1v) is 8.06. The monoisotopic (exact) mass is 363 g/mol. The van der Waals surface area contributed by atoms with E-state index in [0.29, 0.717) is 5.56 Å². The Balaban J connectivity index is 1.98. The molecule has 4 nitrogen and oxygen atoms in total. The zero-order chi connectivity index (χ0) is 18.7. The van der Waals surface area contributed by atoms with Crippen molar-refractivity contribution in [2.24, 2.45) is 0 Å². The lowest BCUT2D eigenvalue weighted by Crippen LogP contribution is -2.36. The van der Waals surface area contributed by atoms with Gasteiger partial charge in [0.25, 0.3) is 0 Å². The predicted octanol–water partition coefficient (Wildman–Crippen LogP) is 4.01. The van der Waals surface area contributed by atoms with Gasteiger partial charge >= 0.3 is 12.3 Å². The second kappa shape index (κ2) is 7.19. The standard InChI is InChI=1S/C19H16F3NO3/c20-19(21,22)16-9-5-4-8-14(16)12-15(13-6-2-1-3-7-13)17(24)23-10-11-26-18(23)25/h1-9,15H,10-12H2. The molecule has 3 rings (SSSR count). The SMILES string of the molecule is O=C1OCCN1C(=O)C(Cc1ccccc1C(F)(F)F)c1ccccc1. The molecule has 0 N–H and O–H groups in total. The highest BCUT2D eigenvalue weighted by atomic mass is 19.4. The van der Waals surface area contributed by atoms with E-state index < -0.39 is 29.7 Å². The predicted molar refractivity (Wildman–Crippen MR) is 87.4 cm³/mol. The van der Waals surface area contributed by atoms with Crippen molar-refractivity contribution in [1.82, 2.24) is 4.90 Å². The van der Waals surface area contributed by atoms with Gasteiger partial charge in [0.15, 0.2) is 0 Å². The molecular weight excluding hydrogens is 347 g/mol. The first-order valence-electron chi connectivity index (χ1n) is 8.06. The van der Waals surface area contributed by atoms with Gasteiger partial charge in [0.1, 0.15) is 6.61 Å². The summed E-state index contributed by atoms with van der Waals surface area (Å²) in [4.78, 5) is 25.6. The molecule has 0 saturated carbocycles. The van der Waals surface area contributed by atoms with Crippen LogP contribution in [0.5, 0.6) is 0 Å². The maximum atomic E-state index is 13.3. The van der Waals surface area contributed by atoms with E-state index in [9.17, 15) is 22.8 Å². The highest BCUT2D eigenvalue weighted by Crippen LogP contribution is 2.35. The van der Waals surface area contributed by atoms with Gasteiger partial charge in [-0.3, -0.25) is 4.79 Å². The van der Waals surface area contributed by atoms with Crippen LogP contribution in [0.25, 0.3) is 0 Å². The number of carbonyl (C=O) groups is 2. The van der Waals surface area contributed by atoms with Crippen molar-refractivity contribution in [3.8, 4) is 0 Å². The minimum Gasteiger partial charge on any atom is -0.447 e. The fourth-order valence-corrected chi connectivity index (χ4v) is 3.01. The maximum Gasteiger partial charge on any atom is 0.416 e. The molecule has 26 heavy (non-hydrogen) atoms. The van der Waals surface area contributed by atoms with Crippen LogP contribution < -0.4 is 0 Å². The average molecular weight is 363 g/mol. The molecule has 1 aliphatic heterocycles. The molecule has 0 radical (unpaired) electrons. The van der Waals surface area contributed by atoms with Crippen LogP contribution in [0.2, 0.25) is 0 Å². The van der Waals surface area contributed by atoms with Gasteiger partial charge in [-0.1, -0.05) is 48.5 Å². The summed E-state index contributed by atoms with van der Waals surface area (Å²) in [6, 6.07) is 13.6.